The maximum Gasteiger partial charge on any atom is 0.120 e. The summed E-state index contributed by atoms with van der Waals surface area (Å²) >= 11 is 0. The Labute approximate surface area is 166 Å². The second-order valence-corrected chi connectivity index (χ2v) is 7.32. The molecule has 0 saturated heterocycles. The van der Waals surface area contributed by atoms with Gasteiger partial charge >= 0.3 is 0 Å². The minimum Gasteiger partial charge on any atom is -0.491 e. The molecule has 0 amide bonds. The highest BCUT2D eigenvalue weighted by atomic mass is 16.5. The molecule has 0 aliphatic carbocycles. The van der Waals surface area contributed by atoms with E-state index in [0.717, 1.165) is 53.3 Å². The molecule has 28 heavy (non-hydrogen) atoms. The molecule has 150 valence electrons. The van der Waals surface area contributed by atoms with Crippen LogP contribution in [0.15, 0.2) is 42.5 Å². The zero-order valence-corrected chi connectivity index (χ0v) is 17.2. The van der Waals surface area contributed by atoms with Crippen molar-refractivity contribution in [3.05, 3.63) is 53.7 Å². The summed E-state index contributed by atoms with van der Waals surface area (Å²) in [5, 5.41) is 11.9. The quantitative estimate of drug-likeness (QED) is 0.561. The van der Waals surface area contributed by atoms with E-state index in [4.69, 9.17) is 9.47 Å². The maximum atomic E-state index is 6.01. The van der Waals surface area contributed by atoms with Crippen molar-refractivity contribution < 1.29 is 9.47 Å². The number of hydrogen-bond donors (Lipinski definition) is 2. The molecule has 3 aromatic rings. The number of fused-ring (bicyclic) bond motifs is 1. The van der Waals surface area contributed by atoms with Crippen molar-refractivity contribution in [1.29, 1.82) is 0 Å². The van der Waals surface area contributed by atoms with Crippen LogP contribution in [0.5, 0.6) is 11.5 Å². The highest BCUT2D eigenvalue weighted by Crippen LogP contribution is 2.24. The Hall–Kier alpha value is -2.57. The van der Waals surface area contributed by atoms with Gasteiger partial charge in [-0.05, 0) is 63.8 Å². The van der Waals surface area contributed by atoms with Gasteiger partial charge in [-0.2, -0.15) is 5.10 Å². The predicted molar refractivity (Wildman–Crippen MR) is 113 cm³/mol. The first-order chi connectivity index (χ1) is 13.5. The number of aromatic nitrogens is 2. The molecule has 2 aromatic carbocycles. The molecular weight excluding hydrogens is 352 g/mol. The fourth-order valence-corrected chi connectivity index (χ4v) is 3.01. The van der Waals surface area contributed by atoms with E-state index in [9.17, 15) is 0 Å². The lowest BCUT2D eigenvalue weighted by molar-refractivity contribution is 0.242. The predicted octanol–water partition coefficient (Wildman–Crippen LogP) is 3.58. The molecule has 0 radical (unpaired) electrons. The van der Waals surface area contributed by atoms with Crippen LogP contribution in [0.25, 0.3) is 10.9 Å². The Kier molecular flexibility index (Phi) is 6.90. The number of aromatic amines is 1. The summed E-state index contributed by atoms with van der Waals surface area (Å²) in [5.74, 6) is 1.72. The number of nitrogens with zero attached hydrogens (tertiary/aromatic N) is 2. The lowest BCUT2D eigenvalue weighted by atomic mass is 10.2. The molecular formula is C22H30N4O2. The standard InChI is InChI=1S/C22H30N4O2/c1-16(2)28-18-7-5-17(6-8-18)15-27-19-9-10-21-20(13-19)22(25-24-21)14-26(4)12-11-23-3/h5-10,13,16,23H,11-12,14-15H2,1-4H3,(H,24,25). The molecule has 0 aliphatic rings. The largest absolute Gasteiger partial charge is 0.491 e. The average Bonchev–Trinajstić information content (AvgIpc) is 3.07. The summed E-state index contributed by atoms with van der Waals surface area (Å²) in [5.41, 5.74) is 3.17. The van der Waals surface area contributed by atoms with Gasteiger partial charge in [-0.3, -0.25) is 10.00 Å². The molecule has 0 saturated carbocycles. The highest BCUT2D eigenvalue weighted by Gasteiger charge is 2.09. The molecule has 0 aliphatic heterocycles. The number of hydrogen-bond acceptors (Lipinski definition) is 5. The van der Waals surface area contributed by atoms with Crippen molar-refractivity contribution in [2.24, 2.45) is 0 Å². The number of benzene rings is 2. The fraction of sp³-hybridized carbons (Fsp3) is 0.409. The first-order valence-corrected chi connectivity index (χ1v) is 9.73. The van der Waals surface area contributed by atoms with Crippen molar-refractivity contribution in [2.75, 3.05) is 27.2 Å². The van der Waals surface area contributed by atoms with Gasteiger partial charge in [-0.1, -0.05) is 12.1 Å². The number of H-pyrrole nitrogens is 1. The van der Waals surface area contributed by atoms with E-state index in [1.165, 1.54) is 0 Å². The van der Waals surface area contributed by atoms with Crippen LogP contribution in [0.3, 0.4) is 0 Å². The SMILES string of the molecule is CNCCN(C)Cc1[nH]nc2ccc(OCc3ccc(OC(C)C)cc3)cc12. The van der Waals surface area contributed by atoms with Gasteiger partial charge in [0.05, 0.1) is 17.3 Å². The fourth-order valence-electron chi connectivity index (χ4n) is 3.01. The van der Waals surface area contributed by atoms with Gasteiger partial charge in [0, 0.05) is 25.0 Å². The van der Waals surface area contributed by atoms with Crippen molar-refractivity contribution in [2.45, 2.75) is 33.1 Å². The second-order valence-electron chi connectivity index (χ2n) is 7.32. The molecule has 0 spiro atoms. The Bertz CT molecular complexity index is 874. The van der Waals surface area contributed by atoms with Crippen molar-refractivity contribution >= 4 is 10.9 Å². The van der Waals surface area contributed by atoms with Gasteiger partial charge in [0.25, 0.3) is 0 Å². The van der Waals surface area contributed by atoms with Crippen molar-refractivity contribution in [3.8, 4) is 11.5 Å². The van der Waals surface area contributed by atoms with Crippen LogP contribution in [0.4, 0.5) is 0 Å². The van der Waals surface area contributed by atoms with Crippen LogP contribution in [-0.4, -0.2) is 48.4 Å². The Morgan fingerprint density at radius 2 is 1.86 bits per heavy atom. The average molecular weight is 383 g/mol. The summed E-state index contributed by atoms with van der Waals surface area (Å²) in [7, 11) is 4.07. The zero-order chi connectivity index (χ0) is 19.9. The number of likely N-dealkylation sites (N-methyl/N-ethyl adjacent to an activating group) is 2. The molecule has 6 heteroatoms. The maximum absolute atomic E-state index is 6.01. The molecule has 1 heterocycles. The van der Waals surface area contributed by atoms with E-state index in [0.29, 0.717) is 6.61 Å². The van der Waals surface area contributed by atoms with E-state index >= 15 is 0 Å². The highest BCUT2D eigenvalue weighted by molar-refractivity contribution is 5.82. The van der Waals surface area contributed by atoms with E-state index in [2.05, 4.69) is 33.5 Å². The molecule has 2 N–H and O–H groups in total. The normalized spacial score (nSPS) is 11.5. The van der Waals surface area contributed by atoms with Gasteiger partial charge < -0.3 is 14.8 Å². The topological polar surface area (TPSA) is 62.4 Å². The van der Waals surface area contributed by atoms with Crippen molar-refractivity contribution in [3.63, 3.8) is 0 Å². The second kappa shape index (κ2) is 9.57. The molecule has 1 aromatic heterocycles. The van der Waals surface area contributed by atoms with Gasteiger partial charge in [0.15, 0.2) is 0 Å². The smallest absolute Gasteiger partial charge is 0.120 e. The summed E-state index contributed by atoms with van der Waals surface area (Å²) in [4.78, 5) is 2.26. The van der Waals surface area contributed by atoms with Gasteiger partial charge in [0.1, 0.15) is 18.1 Å². The molecule has 0 atom stereocenters. The third-order valence-corrected chi connectivity index (χ3v) is 4.48. The van der Waals surface area contributed by atoms with Gasteiger partial charge in [0.2, 0.25) is 0 Å². The minimum atomic E-state index is 0.176. The number of ether oxygens (including phenoxy) is 2. The van der Waals surface area contributed by atoms with Crippen LogP contribution in [-0.2, 0) is 13.2 Å². The zero-order valence-electron chi connectivity index (χ0n) is 17.2. The van der Waals surface area contributed by atoms with Crippen molar-refractivity contribution in [1.82, 2.24) is 20.4 Å². The Balaban J connectivity index is 1.64. The Morgan fingerprint density at radius 3 is 2.57 bits per heavy atom. The Morgan fingerprint density at radius 1 is 1.11 bits per heavy atom. The summed E-state index contributed by atoms with van der Waals surface area (Å²) in [6.07, 6.45) is 0.176. The van der Waals surface area contributed by atoms with Crippen LogP contribution in [0, 0.1) is 0 Å². The first-order valence-electron chi connectivity index (χ1n) is 9.73. The van der Waals surface area contributed by atoms with E-state index in [1.54, 1.807) is 0 Å². The minimum absolute atomic E-state index is 0.176. The first kappa shape index (κ1) is 20.2. The lowest BCUT2D eigenvalue weighted by Crippen LogP contribution is -2.27. The lowest BCUT2D eigenvalue weighted by Gasteiger charge is -2.15. The summed E-state index contributed by atoms with van der Waals surface area (Å²) < 4.78 is 11.7. The molecule has 0 unspecified atom stereocenters. The van der Waals surface area contributed by atoms with Gasteiger partial charge in [-0.15, -0.1) is 0 Å². The van der Waals surface area contributed by atoms with E-state index < -0.39 is 0 Å². The van der Waals surface area contributed by atoms with Crippen LogP contribution < -0.4 is 14.8 Å². The third kappa shape index (κ3) is 5.47. The van der Waals surface area contributed by atoms with Crippen LogP contribution in [0.1, 0.15) is 25.1 Å². The molecule has 3 rings (SSSR count). The summed E-state index contributed by atoms with van der Waals surface area (Å²) in [6.45, 7) is 7.31. The van der Waals surface area contributed by atoms with E-state index in [-0.39, 0.29) is 6.10 Å². The van der Waals surface area contributed by atoms with E-state index in [1.807, 2.05) is 57.3 Å². The summed E-state index contributed by atoms with van der Waals surface area (Å²) in [6, 6.07) is 14.1. The molecule has 0 fully saturated rings. The third-order valence-electron chi connectivity index (χ3n) is 4.48. The van der Waals surface area contributed by atoms with Crippen LogP contribution >= 0.6 is 0 Å². The van der Waals surface area contributed by atoms with Gasteiger partial charge in [-0.25, -0.2) is 0 Å². The monoisotopic (exact) mass is 382 g/mol. The number of nitrogens with one attached hydrogen (secondary N) is 2. The molecule has 6 nitrogen and oxygen atoms in total. The molecule has 0 bridgehead atoms. The van der Waals surface area contributed by atoms with Crippen LogP contribution in [0.2, 0.25) is 0 Å². The number of rotatable bonds is 10.